The van der Waals surface area contributed by atoms with Gasteiger partial charge in [-0.1, -0.05) is 11.3 Å². The first-order valence-electron chi connectivity index (χ1n) is 7.78. The highest BCUT2D eigenvalue weighted by atomic mass is 32.1. The summed E-state index contributed by atoms with van der Waals surface area (Å²) in [4.78, 5) is 22.4. The van der Waals surface area contributed by atoms with E-state index >= 15 is 0 Å². The minimum absolute atomic E-state index is 0.0767. The lowest BCUT2D eigenvalue weighted by atomic mass is 10.3. The number of hydrogen-bond acceptors (Lipinski definition) is 6. The summed E-state index contributed by atoms with van der Waals surface area (Å²) in [6.45, 7) is 0.148. The molecule has 0 saturated heterocycles. The molecule has 0 aliphatic carbocycles. The van der Waals surface area contributed by atoms with Crippen LogP contribution < -0.4 is 14.3 Å². The largest absolute Gasteiger partial charge is 0.586 e. The number of halogens is 2. The first-order chi connectivity index (χ1) is 12.8. The fraction of sp³-hybridized carbons (Fsp3) is 0.312. The summed E-state index contributed by atoms with van der Waals surface area (Å²) in [7, 11) is 3.13. The predicted molar refractivity (Wildman–Crippen MR) is 94.0 cm³/mol. The van der Waals surface area contributed by atoms with Gasteiger partial charge in [0.2, 0.25) is 0 Å². The number of aromatic nitrogens is 1. The molecule has 3 rings (SSSR count). The number of aliphatic hydroxyl groups excluding tert-OH is 1. The summed E-state index contributed by atoms with van der Waals surface area (Å²) < 4.78 is 36.9. The molecule has 0 spiro atoms. The third-order valence-electron chi connectivity index (χ3n) is 3.36. The molecule has 1 aromatic heterocycles. The van der Waals surface area contributed by atoms with Crippen LogP contribution in [0.2, 0.25) is 0 Å². The van der Waals surface area contributed by atoms with E-state index in [1.54, 1.807) is 30.9 Å². The maximum absolute atomic E-state index is 13.2. The molecule has 1 N–H and O–H groups in total. The standard InChI is InChI=1S/C16H16F2N4O4S/c1-21(2)14(24)20-15-22(9-11(27-15)8-19-5-6-23)10-3-4-12-13(7-10)26-16(17,18)25-12/h3-4,7-9,23H,5-6H2,1-2H3/b19-8+,20-15-. The Labute approximate surface area is 156 Å². The average Bonchev–Trinajstić information content (AvgIpc) is 3.12. The SMILES string of the molecule is CN(C)C(=O)/N=c1\sc(/C=N/CCO)cn1-c1ccc2c(c1)OC(F)(F)O2. The van der Waals surface area contributed by atoms with Crippen molar-refractivity contribution < 1.29 is 28.2 Å². The summed E-state index contributed by atoms with van der Waals surface area (Å²) in [6, 6.07) is 3.80. The maximum Gasteiger partial charge on any atom is 0.586 e. The van der Waals surface area contributed by atoms with E-state index in [1.165, 1.54) is 34.6 Å². The minimum atomic E-state index is -3.71. The quantitative estimate of drug-likeness (QED) is 0.797. The molecule has 2 aromatic rings. The van der Waals surface area contributed by atoms with E-state index in [4.69, 9.17) is 5.11 Å². The van der Waals surface area contributed by atoms with Gasteiger partial charge in [0, 0.05) is 32.6 Å². The number of aliphatic hydroxyl groups is 1. The smallest absolute Gasteiger partial charge is 0.395 e. The molecule has 1 aromatic carbocycles. The van der Waals surface area contributed by atoms with Gasteiger partial charge in [-0.05, 0) is 12.1 Å². The van der Waals surface area contributed by atoms with Crippen LogP contribution in [0, 0.1) is 0 Å². The second-order valence-electron chi connectivity index (χ2n) is 5.63. The Bertz CT molecular complexity index is 952. The van der Waals surface area contributed by atoms with Crippen molar-refractivity contribution in [1.82, 2.24) is 9.47 Å². The van der Waals surface area contributed by atoms with Gasteiger partial charge in [-0.2, -0.15) is 4.99 Å². The molecule has 0 atom stereocenters. The van der Waals surface area contributed by atoms with Crippen molar-refractivity contribution in [2.75, 3.05) is 27.2 Å². The summed E-state index contributed by atoms with van der Waals surface area (Å²) >= 11 is 1.18. The maximum atomic E-state index is 13.2. The molecular weight excluding hydrogens is 382 g/mol. The van der Waals surface area contributed by atoms with Crippen LogP contribution >= 0.6 is 11.3 Å². The van der Waals surface area contributed by atoms with Gasteiger partial charge in [-0.25, -0.2) is 4.79 Å². The third kappa shape index (κ3) is 4.31. The zero-order valence-corrected chi connectivity index (χ0v) is 15.2. The number of carbonyl (C=O) groups is 1. The Balaban J connectivity index is 2.05. The van der Waals surface area contributed by atoms with Gasteiger partial charge in [0.15, 0.2) is 16.3 Å². The van der Waals surface area contributed by atoms with E-state index in [0.29, 0.717) is 15.4 Å². The molecule has 144 valence electrons. The van der Waals surface area contributed by atoms with Gasteiger partial charge in [-0.3, -0.25) is 9.56 Å². The van der Waals surface area contributed by atoms with Crippen LogP contribution in [0.1, 0.15) is 4.88 Å². The van der Waals surface area contributed by atoms with E-state index in [-0.39, 0.29) is 24.7 Å². The molecule has 0 saturated carbocycles. The predicted octanol–water partition coefficient (Wildman–Crippen LogP) is 1.85. The molecule has 0 bridgehead atoms. The molecule has 0 radical (unpaired) electrons. The summed E-state index contributed by atoms with van der Waals surface area (Å²) in [5.41, 5.74) is 0.457. The zero-order valence-electron chi connectivity index (χ0n) is 14.4. The number of hydrogen-bond donors (Lipinski definition) is 1. The normalized spacial score (nSPS) is 15.5. The molecule has 2 heterocycles. The van der Waals surface area contributed by atoms with Crippen LogP contribution in [-0.2, 0) is 0 Å². The van der Waals surface area contributed by atoms with E-state index in [0.717, 1.165) is 0 Å². The minimum Gasteiger partial charge on any atom is -0.395 e. The van der Waals surface area contributed by atoms with E-state index in [9.17, 15) is 13.6 Å². The van der Waals surface area contributed by atoms with Crippen LogP contribution in [0.5, 0.6) is 11.5 Å². The second-order valence-corrected chi connectivity index (χ2v) is 6.67. The average molecular weight is 398 g/mol. The fourth-order valence-corrected chi connectivity index (χ4v) is 3.04. The van der Waals surface area contributed by atoms with E-state index in [2.05, 4.69) is 19.5 Å². The number of benzene rings is 1. The van der Waals surface area contributed by atoms with Crippen LogP contribution in [0.25, 0.3) is 5.69 Å². The van der Waals surface area contributed by atoms with Gasteiger partial charge in [0.1, 0.15) is 0 Å². The molecule has 11 heteroatoms. The Kier molecular flexibility index (Phi) is 5.24. The molecule has 2 amide bonds. The molecule has 27 heavy (non-hydrogen) atoms. The van der Waals surface area contributed by atoms with Gasteiger partial charge >= 0.3 is 12.3 Å². The fourth-order valence-electron chi connectivity index (χ4n) is 2.17. The number of fused-ring (bicyclic) bond motifs is 1. The molecular formula is C16H16F2N4O4S. The number of amides is 2. The summed E-state index contributed by atoms with van der Waals surface area (Å²) in [5.74, 6) is -0.191. The van der Waals surface area contributed by atoms with Crippen molar-refractivity contribution in [2.45, 2.75) is 6.29 Å². The number of aliphatic imine (C=N–C) groups is 1. The number of carbonyl (C=O) groups excluding carboxylic acids is 1. The van der Waals surface area contributed by atoms with Crippen molar-refractivity contribution in [2.24, 2.45) is 9.98 Å². The topological polar surface area (TPSA) is 88.7 Å². The lowest BCUT2D eigenvalue weighted by Gasteiger charge is -2.06. The van der Waals surface area contributed by atoms with E-state index in [1.807, 2.05) is 0 Å². The van der Waals surface area contributed by atoms with Crippen molar-refractivity contribution in [1.29, 1.82) is 0 Å². The van der Waals surface area contributed by atoms with Gasteiger partial charge in [-0.15, -0.1) is 8.78 Å². The number of thiazole rings is 1. The molecule has 0 fully saturated rings. The lowest BCUT2D eigenvalue weighted by Crippen LogP contribution is -2.26. The molecule has 0 unspecified atom stereocenters. The van der Waals surface area contributed by atoms with Crippen molar-refractivity contribution in [3.63, 3.8) is 0 Å². The lowest BCUT2D eigenvalue weighted by molar-refractivity contribution is -0.286. The zero-order chi connectivity index (χ0) is 19.6. The van der Waals surface area contributed by atoms with Gasteiger partial charge in [0.25, 0.3) is 0 Å². The number of ether oxygens (including phenoxy) is 2. The number of nitrogens with zero attached hydrogens (tertiary/aromatic N) is 4. The Hall–Kier alpha value is -2.79. The Morgan fingerprint density at radius 2 is 2.11 bits per heavy atom. The first kappa shape index (κ1) is 19.0. The molecule has 1 aliphatic rings. The highest BCUT2D eigenvalue weighted by Crippen LogP contribution is 2.41. The van der Waals surface area contributed by atoms with Crippen molar-refractivity contribution in [3.8, 4) is 17.2 Å². The van der Waals surface area contributed by atoms with Crippen LogP contribution in [0.3, 0.4) is 0 Å². The monoisotopic (exact) mass is 398 g/mol. The second kappa shape index (κ2) is 7.45. The highest BCUT2D eigenvalue weighted by Gasteiger charge is 2.43. The Morgan fingerprint density at radius 1 is 1.37 bits per heavy atom. The van der Waals surface area contributed by atoms with Crippen LogP contribution in [-0.4, -0.2) is 60.4 Å². The number of alkyl halides is 2. The van der Waals surface area contributed by atoms with E-state index < -0.39 is 12.3 Å². The highest BCUT2D eigenvalue weighted by molar-refractivity contribution is 7.11. The van der Waals surface area contributed by atoms with Crippen molar-refractivity contribution in [3.05, 3.63) is 34.1 Å². The molecule has 8 nitrogen and oxygen atoms in total. The van der Waals surface area contributed by atoms with Crippen LogP contribution in [0.15, 0.2) is 34.4 Å². The third-order valence-corrected chi connectivity index (χ3v) is 4.27. The summed E-state index contributed by atoms with van der Waals surface area (Å²) in [5, 5.41) is 8.82. The van der Waals surface area contributed by atoms with Gasteiger partial charge in [0.05, 0.1) is 23.7 Å². The number of rotatable bonds is 4. The number of urea groups is 1. The van der Waals surface area contributed by atoms with Crippen molar-refractivity contribution >= 4 is 23.6 Å². The van der Waals surface area contributed by atoms with Crippen LogP contribution in [0.4, 0.5) is 13.6 Å². The Morgan fingerprint density at radius 3 is 2.81 bits per heavy atom. The van der Waals surface area contributed by atoms with Gasteiger partial charge < -0.3 is 19.5 Å². The summed E-state index contributed by atoms with van der Waals surface area (Å²) in [6.07, 6.45) is -0.517. The first-order valence-corrected chi connectivity index (χ1v) is 8.60. The molecule has 1 aliphatic heterocycles.